The molecule has 2 rings (SSSR count). The summed E-state index contributed by atoms with van der Waals surface area (Å²) in [7, 11) is 0. The summed E-state index contributed by atoms with van der Waals surface area (Å²) in [5.41, 5.74) is 1.28. The molecule has 0 spiro atoms. The first kappa shape index (κ1) is 34.3. The fraction of sp³-hybridized carbons (Fsp3) is 0.400. The molecule has 2 atom stereocenters. The Balaban J connectivity index is 2.24. The molecule has 2 aromatic rings. The highest BCUT2D eigenvalue weighted by Crippen LogP contribution is 2.16. The molecule has 0 aliphatic heterocycles. The van der Waals surface area contributed by atoms with E-state index in [2.05, 4.69) is 16.0 Å². The quantitative estimate of drug-likeness (QED) is 0.101. The first-order chi connectivity index (χ1) is 20.5. The highest BCUT2D eigenvalue weighted by molar-refractivity contribution is 5.96. The van der Waals surface area contributed by atoms with Crippen LogP contribution >= 0.6 is 0 Å². The van der Waals surface area contributed by atoms with E-state index in [-0.39, 0.29) is 25.0 Å². The summed E-state index contributed by atoms with van der Waals surface area (Å²) in [5, 5.41) is 35.1. The van der Waals surface area contributed by atoms with Gasteiger partial charge in [-0.1, -0.05) is 62.2 Å². The average molecular weight is 600 g/mol. The molecule has 13 nitrogen and oxygen atoms in total. The van der Waals surface area contributed by atoms with Crippen LogP contribution in [0.3, 0.4) is 0 Å². The number of amides is 3. The fourth-order valence-corrected chi connectivity index (χ4v) is 4.02. The summed E-state index contributed by atoms with van der Waals surface area (Å²) >= 11 is 0. The third-order valence-corrected chi connectivity index (χ3v) is 6.28. The van der Waals surface area contributed by atoms with Crippen molar-refractivity contribution in [3.8, 4) is 5.75 Å². The van der Waals surface area contributed by atoms with Gasteiger partial charge in [0.1, 0.15) is 17.8 Å². The van der Waals surface area contributed by atoms with Crippen LogP contribution in [0.5, 0.6) is 5.75 Å². The van der Waals surface area contributed by atoms with E-state index in [1.165, 1.54) is 24.3 Å². The van der Waals surface area contributed by atoms with Gasteiger partial charge in [-0.25, -0.2) is 9.59 Å². The molecule has 0 heterocycles. The molecule has 0 radical (unpaired) electrons. The van der Waals surface area contributed by atoms with Crippen LogP contribution in [0.1, 0.15) is 50.2 Å². The van der Waals surface area contributed by atoms with E-state index >= 15 is 0 Å². The number of nitrogens with one attached hydrogen (secondary N) is 3. The van der Waals surface area contributed by atoms with Gasteiger partial charge in [-0.05, 0) is 29.7 Å². The number of carboxylic acid groups (broad SMARTS) is 3. The average Bonchev–Trinajstić information content (AvgIpc) is 2.97. The SMILES string of the molecule is CCCCCNC(=O)C(Cc1ccc(OC(C(=O)O)C(=O)O)cc1)NC(=O)[C@H](Cc1ccccc1)NC(=O)CCC(=O)O. The van der Waals surface area contributed by atoms with Gasteiger partial charge >= 0.3 is 17.9 Å². The van der Waals surface area contributed by atoms with Gasteiger partial charge in [-0.3, -0.25) is 19.2 Å². The second-order valence-electron chi connectivity index (χ2n) is 9.79. The summed E-state index contributed by atoms with van der Waals surface area (Å²) in [6.45, 7) is 2.40. The van der Waals surface area contributed by atoms with Crippen LogP contribution in [0.25, 0.3) is 0 Å². The number of benzene rings is 2. The van der Waals surface area contributed by atoms with Crippen LogP contribution in [0.2, 0.25) is 0 Å². The lowest BCUT2D eigenvalue weighted by Gasteiger charge is -2.24. The van der Waals surface area contributed by atoms with Crippen molar-refractivity contribution in [3.63, 3.8) is 0 Å². The number of aliphatic carboxylic acids is 3. The number of hydrogen-bond donors (Lipinski definition) is 6. The molecule has 0 aliphatic rings. The molecule has 43 heavy (non-hydrogen) atoms. The van der Waals surface area contributed by atoms with Gasteiger partial charge < -0.3 is 36.0 Å². The Labute approximate surface area is 248 Å². The molecule has 6 N–H and O–H groups in total. The fourth-order valence-electron chi connectivity index (χ4n) is 4.02. The highest BCUT2D eigenvalue weighted by atomic mass is 16.5. The van der Waals surface area contributed by atoms with E-state index < -0.39 is 60.2 Å². The Morgan fingerprint density at radius 3 is 1.86 bits per heavy atom. The molecule has 0 aromatic heterocycles. The number of rotatable bonds is 19. The number of carbonyl (C=O) groups is 6. The van der Waals surface area contributed by atoms with Crippen molar-refractivity contribution in [1.29, 1.82) is 0 Å². The number of hydrogen-bond acceptors (Lipinski definition) is 7. The zero-order valence-electron chi connectivity index (χ0n) is 23.8. The molecule has 0 bridgehead atoms. The standard InChI is InChI=1S/C30H37N3O10/c1-2-3-7-16-31-27(37)22(18-20-10-12-21(13-11-20)43-26(29(39)40)30(41)42)33-28(38)23(17-19-8-5-4-6-9-19)32-24(34)14-15-25(35)36/h4-6,8-13,22-23,26H,2-3,7,14-18H2,1H3,(H,31,37)(H,32,34)(H,33,38)(H,35,36)(H,39,40)(H,41,42)/t22?,23-/m0/s1. The lowest BCUT2D eigenvalue weighted by Crippen LogP contribution is -2.55. The molecule has 1 unspecified atom stereocenters. The molecule has 232 valence electrons. The van der Waals surface area contributed by atoms with Gasteiger partial charge in [-0.15, -0.1) is 0 Å². The summed E-state index contributed by atoms with van der Waals surface area (Å²) < 4.78 is 5.02. The van der Waals surface area contributed by atoms with Crippen molar-refractivity contribution < 1.29 is 48.8 Å². The minimum absolute atomic E-state index is 0.0118. The van der Waals surface area contributed by atoms with Crippen LogP contribution < -0.4 is 20.7 Å². The Morgan fingerprint density at radius 1 is 0.721 bits per heavy atom. The van der Waals surface area contributed by atoms with Crippen LogP contribution in [0, 0.1) is 0 Å². The largest absolute Gasteiger partial charge is 0.481 e. The highest BCUT2D eigenvalue weighted by Gasteiger charge is 2.29. The zero-order chi connectivity index (χ0) is 31.8. The van der Waals surface area contributed by atoms with Crippen molar-refractivity contribution in [3.05, 3.63) is 65.7 Å². The Bertz CT molecular complexity index is 1240. The maximum Gasteiger partial charge on any atom is 0.356 e. The third-order valence-electron chi connectivity index (χ3n) is 6.28. The Morgan fingerprint density at radius 2 is 1.30 bits per heavy atom. The van der Waals surface area contributed by atoms with Crippen molar-refractivity contribution in [2.75, 3.05) is 6.54 Å². The first-order valence-corrected chi connectivity index (χ1v) is 13.8. The van der Waals surface area contributed by atoms with Gasteiger partial charge in [-0.2, -0.15) is 0 Å². The smallest absolute Gasteiger partial charge is 0.356 e. The molecular weight excluding hydrogens is 562 g/mol. The Kier molecular flexibility index (Phi) is 14.2. The van der Waals surface area contributed by atoms with Crippen molar-refractivity contribution in [2.45, 2.75) is 70.1 Å². The predicted molar refractivity (Wildman–Crippen MR) is 153 cm³/mol. The van der Waals surface area contributed by atoms with E-state index in [1.807, 2.05) is 6.92 Å². The minimum atomic E-state index is -2.10. The van der Waals surface area contributed by atoms with Crippen molar-refractivity contribution in [2.24, 2.45) is 0 Å². The van der Waals surface area contributed by atoms with Gasteiger partial charge in [0.05, 0.1) is 6.42 Å². The summed E-state index contributed by atoms with van der Waals surface area (Å²) in [6.07, 6.45) is -0.152. The van der Waals surface area contributed by atoms with Crippen molar-refractivity contribution in [1.82, 2.24) is 16.0 Å². The van der Waals surface area contributed by atoms with Crippen LogP contribution in [-0.2, 0) is 41.6 Å². The third kappa shape index (κ3) is 12.6. The Hall–Kier alpha value is -4.94. The molecule has 0 aliphatic carbocycles. The van der Waals surface area contributed by atoms with Crippen LogP contribution in [0.4, 0.5) is 0 Å². The van der Waals surface area contributed by atoms with Crippen molar-refractivity contribution >= 4 is 35.6 Å². The maximum absolute atomic E-state index is 13.5. The van der Waals surface area contributed by atoms with Gasteiger partial charge in [0.2, 0.25) is 17.7 Å². The van der Waals surface area contributed by atoms with E-state index in [4.69, 9.17) is 20.1 Å². The van der Waals surface area contributed by atoms with Gasteiger partial charge in [0, 0.05) is 25.8 Å². The number of carbonyl (C=O) groups excluding carboxylic acids is 3. The second kappa shape index (κ2) is 17.8. The van der Waals surface area contributed by atoms with E-state index in [9.17, 15) is 28.8 Å². The molecule has 13 heteroatoms. The van der Waals surface area contributed by atoms with Gasteiger partial charge in [0.25, 0.3) is 6.10 Å². The maximum atomic E-state index is 13.5. The lowest BCUT2D eigenvalue weighted by atomic mass is 10.0. The molecule has 0 saturated carbocycles. The van der Waals surface area contributed by atoms with E-state index in [0.29, 0.717) is 12.1 Å². The first-order valence-electron chi connectivity index (χ1n) is 13.8. The molecule has 0 fully saturated rings. The molecule has 2 aromatic carbocycles. The predicted octanol–water partition coefficient (Wildman–Crippen LogP) is 1.53. The second-order valence-corrected chi connectivity index (χ2v) is 9.79. The summed E-state index contributed by atoms with van der Waals surface area (Å²) in [5.74, 6) is -6.25. The van der Waals surface area contributed by atoms with Crippen LogP contribution in [0.15, 0.2) is 54.6 Å². The normalized spacial score (nSPS) is 12.0. The minimum Gasteiger partial charge on any atom is -0.481 e. The zero-order valence-corrected chi connectivity index (χ0v) is 23.8. The van der Waals surface area contributed by atoms with E-state index in [0.717, 1.165) is 24.8 Å². The number of ether oxygens (including phenoxy) is 1. The summed E-state index contributed by atoms with van der Waals surface area (Å²) in [6, 6.07) is 12.4. The van der Waals surface area contributed by atoms with E-state index in [1.54, 1.807) is 30.3 Å². The lowest BCUT2D eigenvalue weighted by molar-refractivity contribution is -0.159. The summed E-state index contributed by atoms with van der Waals surface area (Å²) in [4.78, 5) is 72.2. The molecule has 3 amide bonds. The molecular formula is C30H37N3O10. The number of unbranched alkanes of at least 4 members (excludes halogenated alkanes) is 2. The molecule has 0 saturated heterocycles. The topological polar surface area (TPSA) is 208 Å². The number of carboxylic acids is 3. The van der Waals surface area contributed by atoms with Gasteiger partial charge in [0.15, 0.2) is 0 Å². The monoisotopic (exact) mass is 599 g/mol. The van der Waals surface area contributed by atoms with Crippen LogP contribution in [-0.4, -0.2) is 75.7 Å².